The van der Waals surface area contributed by atoms with Crippen LogP contribution < -0.4 is 20.1 Å². The van der Waals surface area contributed by atoms with Gasteiger partial charge >= 0.3 is 0 Å². The van der Waals surface area contributed by atoms with Crippen LogP contribution in [0.2, 0.25) is 0 Å². The van der Waals surface area contributed by atoms with Crippen molar-refractivity contribution < 1.29 is 9.47 Å². The highest BCUT2D eigenvalue weighted by molar-refractivity contribution is 14.1. The Morgan fingerprint density at radius 1 is 1.09 bits per heavy atom. The quantitative estimate of drug-likeness (QED) is 0.526. The van der Waals surface area contributed by atoms with E-state index in [1.165, 1.54) is 0 Å². The third-order valence-electron chi connectivity index (χ3n) is 3.27. The average molecular weight is 442 g/mol. The predicted molar refractivity (Wildman–Crippen MR) is 107 cm³/mol. The lowest BCUT2D eigenvalue weighted by atomic mass is 10.1. The fraction of sp³-hybridized carbons (Fsp3) is 0.235. The second-order valence-electron chi connectivity index (χ2n) is 4.80. The lowest BCUT2D eigenvalue weighted by Gasteiger charge is -2.13. The average Bonchev–Trinajstić information content (AvgIpc) is 2.56. The minimum absolute atomic E-state index is 0.620. The zero-order chi connectivity index (χ0) is 16.7. The summed E-state index contributed by atoms with van der Waals surface area (Å²) in [4.78, 5) is 0. The van der Waals surface area contributed by atoms with Crippen LogP contribution in [0.25, 0.3) is 0 Å². The molecular formula is C17H19IN2O2S. The molecule has 0 unspecified atom stereocenters. The highest BCUT2D eigenvalue weighted by Gasteiger charge is 2.05. The predicted octanol–water partition coefficient (Wildman–Crippen LogP) is 3.84. The van der Waals surface area contributed by atoms with Gasteiger partial charge in [0.2, 0.25) is 0 Å². The molecule has 0 saturated carbocycles. The van der Waals surface area contributed by atoms with Gasteiger partial charge in [-0.15, -0.1) is 0 Å². The fourth-order valence-corrected chi connectivity index (χ4v) is 2.82. The van der Waals surface area contributed by atoms with Gasteiger partial charge in [0.05, 0.1) is 19.9 Å². The van der Waals surface area contributed by atoms with Crippen molar-refractivity contribution >= 4 is 45.6 Å². The number of hydrogen-bond donors (Lipinski definition) is 2. The molecule has 2 aromatic carbocycles. The van der Waals surface area contributed by atoms with E-state index in [0.717, 1.165) is 39.3 Å². The molecule has 0 aromatic heterocycles. The zero-order valence-electron chi connectivity index (χ0n) is 13.1. The van der Waals surface area contributed by atoms with Crippen molar-refractivity contribution in [2.75, 3.05) is 26.1 Å². The van der Waals surface area contributed by atoms with Crippen LogP contribution in [0.15, 0.2) is 42.5 Å². The molecule has 0 aliphatic heterocycles. The van der Waals surface area contributed by atoms with Crippen LogP contribution in [0.3, 0.4) is 0 Å². The van der Waals surface area contributed by atoms with Gasteiger partial charge < -0.3 is 20.1 Å². The number of para-hydroxylation sites is 1. The molecule has 2 rings (SSSR count). The third-order valence-corrected chi connectivity index (χ3v) is 4.46. The summed E-state index contributed by atoms with van der Waals surface area (Å²) in [6, 6.07) is 13.9. The Kier molecular flexibility index (Phi) is 6.91. The van der Waals surface area contributed by atoms with Crippen molar-refractivity contribution in [3.05, 3.63) is 51.6 Å². The maximum absolute atomic E-state index is 5.33. The second-order valence-corrected chi connectivity index (χ2v) is 6.37. The minimum atomic E-state index is 0.620. The molecule has 0 radical (unpaired) electrons. The standard InChI is InChI=1S/C17H19IN2O2S/c1-21-15-8-7-12(11-16(15)22-2)9-10-19-17(23)20-14-6-4-3-5-13(14)18/h3-8,11H,9-10H2,1-2H3,(H2,19,20,23). The summed E-state index contributed by atoms with van der Waals surface area (Å²) in [7, 11) is 3.27. The summed E-state index contributed by atoms with van der Waals surface area (Å²) < 4.78 is 11.7. The first-order valence-electron chi connectivity index (χ1n) is 7.14. The van der Waals surface area contributed by atoms with E-state index in [0.29, 0.717) is 5.11 Å². The number of rotatable bonds is 6. The first-order valence-corrected chi connectivity index (χ1v) is 8.63. The van der Waals surface area contributed by atoms with Crippen LogP contribution in [0, 0.1) is 3.57 Å². The third kappa shape index (κ3) is 5.24. The topological polar surface area (TPSA) is 42.5 Å². The Hall–Kier alpha value is -1.54. The van der Waals surface area contributed by atoms with Crippen molar-refractivity contribution in [3.63, 3.8) is 0 Å². The van der Waals surface area contributed by atoms with E-state index >= 15 is 0 Å². The van der Waals surface area contributed by atoms with Gasteiger partial charge in [-0.1, -0.05) is 18.2 Å². The molecule has 0 heterocycles. The van der Waals surface area contributed by atoms with Gasteiger partial charge in [-0.2, -0.15) is 0 Å². The molecule has 0 bridgehead atoms. The van der Waals surface area contributed by atoms with E-state index in [1.807, 2.05) is 42.5 Å². The van der Waals surface area contributed by atoms with Gasteiger partial charge in [0.15, 0.2) is 16.6 Å². The summed E-state index contributed by atoms with van der Waals surface area (Å²) in [6.45, 7) is 0.741. The molecule has 0 atom stereocenters. The van der Waals surface area contributed by atoms with Crippen LogP contribution in [0.5, 0.6) is 11.5 Å². The fourth-order valence-electron chi connectivity index (χ4n) is 2.09. The Morgan fingerprint density at radius 3 is 2.52 bits per heavy atom. The Labute approximate surface area is 155 Å². The maximum atomic E-state index is 5.33. The molecule has 23 heavy (non-hydrogen) atoms. The SMILES string of the molecule is COc1ccc(CCNC(=S)Nc2ccccc2I)cc1OC. The first-order chi connectivity index (χ1) is 11.1. The molecule has 0 aliphatic rings. The van der Waals surface area contributed by atoms with Gasteiger partial charge in [0, 0.05) is 10.1 Å². The molecule has 4 nitrogen and oxygen atoms in total. The van der Waals surface area contributed by atoms with Crippen LogP contribution in [-0.2, 0) is 6.42 Å². The van der Waals surface area contributed by atoms with E-state index < -0.39 is 0 Å². The minimum Gasteiger partial charge on any atom is -0.493 e. The molecule has 0 spiro atoms. The zero-order valence-corrected chi connectivity index (χ0v) is 16.0. The Morgan fingerprint density at radius 2 is 1.83 bits per heavy atom. The summed E-state index contributed by atoms with van der Waals surface area (Å²) in [5, 5.41) is 7.04. The van der Waals surface area contributed by atoms with Crippen molar-refractivity contribution in [1.29, 1.82) is 0 Å². The summed E-state index contributed by atoms with van der Waals surface area (Å²) >= 11 is 7.61. The lowest BCUT2D eigenvalue weighted by Crippen LogP contribution is -2.30. The molecule has 2 aromatic rings. The normalized spacial score (nSPS) is 10.0. The van der Waals surface area contributed by atoms with E-state index in [9.17, 15) is 0 Å². The number of anilines is 1. The Balaban J connectivity index is 1.85. The van der Waals surface area contributed by atoms with Gasteiger partial charge in [0.1, 0.15) is 0 Å². The monoisotopic (exact) mass is 442 g/mol. The molecule has 0 amide bonds. The Bertz CT molecular complexity index is 679. The summed E-state index contributed by atoms with van der Waals surface area (Å²) in [5.74, 6) is 1.48. The number of hydrogen-bond acceptors (Lipinski definition) is 3. The van der Waals surface area contributed by atoms with Crippen molar-refractivity contribution in [2.45, 2.75) is 6.42 Å². The number of benzene rings is 2. The van der Waals surface area contributed by atoms with Crippen molar-refractivity contribution in [2.24, 2.45) is 0 Å². The summed E-state index contributed by atoms with van der Waals surface area (Å²) in [6.07, 6.45) is 0.841. The highest BCUT2D eigenvalue weighted by atomic mass is 127. The maximum Gasteiger partial charge on any atom is 0.170 e. The van der Waals surface area contributed by atoms with E-state index in [2.05, 4.69) is 33.2 Å². The van der Waals surface area contributed by atoms with Crippen LogP contribution in [0.4, 0.5) is 5.69 Å². The lowest BCUT2D eigenvalue weighted by molar-refractivity contribution is 0.354. The van der Waals surface area contributed by atoms with Gasteiger partial charge in [-0.25, -0.2) is 0 Å². The van der Waals surface area contributed by atoms with Gasteiger partial charge in [0.25, 0.3) is 0 Å². The molecular weight excluding hydrogens is 423 g/mol. The van der Waals surface area contributed by atoms with E-state index in [1.54, 1.807) is 14.2 Å². The number of nitrogens with one attached hydrogen (secondary N) is 2. The largest absolute Gasteiger partial charge is 0.493 e. The molecule has 0 fully saturated rings. The molecule has 2 N–H and O–H groups in total. The smallest absolute Gasteiger partial charge is 0.170 e. The van der Waals surface area contributed by atoms with Crippen LogP contribution >= 0.6 is 34.8 Å². The van der Waals surface area contributed by atoms with Crippen molar-refractivity contribution in [1.82, 2.24) is 5.32 Å². The van der Waals surface area contributed by atoms with Gasteiger partial charge in [-0.05, 0) is 71.1 Å². The molecule has 6 heteroatoms. The van der Waals surface area contributed by atoms with E-state index in [-0.39, 0.29) is 0 Å². The van der Waals surface area contributed by atoms with Gasteiger partial charge in [-0.3, -0.25) is 0 Å². The number of methoxy groups -OCH3 is 2. The summed E-state index contributed by atoms with van der Waals surface area (Å²) in [5.41, 5.74) is 2.17. The molecule has 0 saturated heterocycles. The number of ether oxygens (including phenoxy) is 2. The van der Waals surface area contributed by atoms with E-state index in [4.69, 9.17) is 21.7 Å². The number of halogens is 1. The van der Waals surface area contributed by atoms with Crippen LogP contribution in [0.1, 0.15) is 5.56 Å². The van der Waals surface area contributed by atoms with Crippen molar-refractivity contribution in [3.8, 4) is 11.5 Å². The second kappa shape index (κ2) is 8.93. The highest BCUT2D eigenvalue weighted by Crippen LogP contribution is 2.27. The van der Waals surface area contributed by atoms with Crippen LogP contribution in [-0.4, -0.2) is 25.9 Å². The first kappa shape index (κ1) is 17.8. The molecule has 0 aliphatic carbocycles. The number of thiocarbonyl (C=S) groups is 1. The molecule has 122 valence electrons.